The second kappa shape index (κ2) is 24.2. The highest BCUT2D eigenvalue weighted by Gasteiger charge is 2.53. The summed E-state index contributed by atoms with van der Waals surface area (Å²) in [6, 6.07) is 0. The Labute approximate surface area is 374 Å². The molecule has 0 aliphatic carbocycles. The lowest BCUT2D eigenvalue weighted by molar-refractivity contribution is -0.339. The highest BCUT2D eigenvalue weighted by molar-refractivity contribution is 5.87. The van der Waals surface area contributed by atoms with Gasteiger partial charge >= 0.3 is 17.9 Å². The molecule has 3 aliphatic rings. The van der Waals surface area contributed by atoms with Crippen LogP contribution in [0, 0.1) is 35.5 Å². The number of aliphatic hydroxyl groups is 5. The van der Waals surface area contributed by atoms with Gasteiger partial charge in [-0.3, -0.25) is 9.59 Å². The first-order chi connectivity index (χ1) is 29.5. The van der Waals surface area contributed by atoms with Crippen LogP contribution in [0.25, 0.3) is 0 Å². The average Bonchev–Trinajstić information content (AvgIpc) is 3.20. The minimum atomic E-state index is -2.02. The summed E-state index contributed by atoms with van der Waals surface area (Å²) in [6.07, 6.45) is 1.95. The Balaban J connectivity index is 1.99. The van der Waals surface area contributed by atoms with E-state index in [0.717, 1.165) is 5.57 Å². The van der Waals surface area contributed by atoms with E-state index >= 15 is 0 Å². The van der Waals surface area contributed by atoms with Gasteiger partial charge in [-0.1, -0.05) is 89.1 Å². The Kier molecular flexibility index (Phi) is 20.7. The summed E-state index contributed by atoms with van der Waals surface area (Å²) < 4.78 is 41.4. The van der Waals surface area contributed by atoms with E-state index in [9.17, 15) is 39.9 Å². The number of allylic oxidation sites excluding steroid dienone is 6. The number of cyclic esters (lactones) is 1. The van der Waals surface area contributed by atoms with Gasteiger partial charge in [-0.2, -0.15) is 0 Å². The van der Waals surface area contributed by atoms with E-state index in [2.05, 4.69) is 0 Å². The van der Waals surface area contributed by atoms with E-state index in [1.807, 2.05) is 34.6 Å². The molecule has 0 aromatic rings. The fourth-order valence-electron chi connectivity index (χ4n) is 9.11. The van der Waals surface area contributed by atoms with Crippen molar-refractivity contribution in [3.63, 3.8) is 0 Å². The van der Waals surface area contributed by atoms with Crippen molar-refractivity contribution >= 4 is 17.9 Å². The van der Waals surface area contributed by atoms with Gasteiger partial charge in [0.2, 0.25) is 5.76 Å². The summed E-state index contributed by atoms with van der Waals surface area (Å²) in [4.78, 5) is 37.7. The molecule has 0 aromatic carbocycles. The zero-order valence-electron chi connectivity index (χ0n) is 39.5. The highest BCUT2D eigenvalue weighted by Crippen LogP contribution is 2.42. The fourth-order valence-corrected chi connectivity index (χ4v) is 9.11. The molecular formula is C48H76O15. The number of ether oxygens (including phenoxy) is 7. The van der Waals surface area contributed by atoms with Gasteiger partial charge in [-0.05, 0) is 52.5 Å². The second-order valence-electron chi connectivity index (χ2n) is 18.0. The van der Waals surface area contributed by atoms with Crippen molar-refractivity contribution in [3.05, 3.63) is 59.4 Å². The molecule has 15 nitrogen and oxygen atoms in total. The molecule has 2 saturated heterocycles. The van der Waals surface area contributed by atoms with Crippen LogP contribution in [0.5, 0.6) is 0 Å². The summed E-state index contributed by atoms with van der Waals surface area (Å²) in [5.74, 6) is -7.65. The molecule has 0 aromatic heterocycles. The summed E-state index contributed by atoms with van der Waals surface area (Å²) in [5, 5.41) is 58.8. The number of esters is 3. The quantitative estimate of drug-likeness (QED) is 0.100. The minimum Gasteiger partial charge on any atom is -0.490 e. The van der Waals surface area contributed by atoms with Crippen LogP contribution in [0.15, 0.2) is 59.4 Å². The van der Waals surface area contributed by atoms with Crippen LogP contribution in [0.1, 0.15) is 109 Å². The van der Waals surface area contributed by atoms with Gasteiger partial charge < -0.3 is 58.7 Å². The minimum absolute atomic E-state index is 0.0372. The van der Waals surface area contributed by atoms with Gasteiger partial charge in [0.15, 0.2) is 18.2 Å². The topological polar surface area (TPSA) is 217 Å². The number of hydrogen-bond acceptors (Lipinski definition) is 15. The van der Waals surface area contributed by atoms with Gasteiger partial charge in [0, 0.05) is 56.3 Å². The molecule has 3 rings (SSSR count). The summed E-state index contributed by atoms with van der Waals surface area (Å²) in [6.45, 7) is 20.4. The maximum absolute atomic E-state index is 13.8. The summed E-state index contributed by atoms with van der Waals surface area (Å²) in [7, 11) is 1.30. The first kappa shape index (κ1) is 53.9. The number of methoxy groups -OCH3 is 1. The van der Waals surface area contributed by atoms with Crippen molar-refractivity contribution in [2.24, 2.45) is 35.5 Å². The zero-order valence-corrected chi connectivity index (χ0v) is 39.5. The molecular weight excluding hydrogens is 817 g/mol. The molecule has 3 heterocycles. The molecule has 18 atom stereocenters. The third kappa shape index (κ3) is 14.5. The lowest BCUT2D eigenvalue weighted by Crippen LogP contribution is -2.59. The largest absolute Gasteiger partial charge is 0.490 e. The SMILES string of the molecule is C/C=C/[C@H]1O[C@@](O)([C@@H](C)[C@H](O)[C@H](C)[C@H]2OC(=O)/C(OC)=C/C(C)=C/[C@@H](C)[C@@H](O)C(CC)[C@@H](O)[C@H](C)C/C(C)=C/C=C/[C@@H]2O)C[C@@H](O[C@@H]2C[C@H](OC(C)=O)[C@@H](OC(C)=O)[C@H](C)O2)[C@@H]1C. The standard InChI is InChI=1S/C48H76O15/c1-14-17-37-29(7)40(61-41-23-38(59-33(11)49)46(32(10)58-41)60-34(12)50)24-48(56,63-37)31(9)44(54)30(8)45-36(51)19-16-18-25(3)20-27(5)42(52)35(15-2)43(53)28(6)21-26(4)22-39(57-13)47(55)62-45/h14,16-19,21-22,27-32,35-38,40-46,51-54,56H,15,20,23-24H2,1-13H3/b17-14+,19-16+,25-18+,26-21+,39-22-/t27-,28-,29-,30+,31+,32+,35?,36+,37-,38+,40-,41-,42+,43-,44-,45-,46+,48-/m1/s1. The Morgan fingerprint density at radius 3 is 2.25 bits per heavy atom. The van der Waals surface area contributed by atoms with Crippen LogP contribution in [-0.4, -0.2) is 124 Å². The Morgan fingerprint density at radius 1 is 1.02 bits per heavy atom. The number of hydrogen-bond donors (Lipinski definition) is 5. The Hall–Kier alpha value is -3.41. The lowest BCUT2D eigenvalue weighted by atomic mass is 9.77. The molecule has 0 radical (unpaired) electrons. The van der Waals surface area contributed by atoms with Gasteiger partial charge in [0.25, 0.3) is 0 Å². The zero-order chi connectivity index (χ0) is 47.5. The fraction of sp³-hybridized carbons (Fsp3) is 0.729. The second-order valence-corrected chi connectivity index (χ2v) is 18.0. The first-order valence-corrected chi connectivity index (χ1v) is 22.4. The Morgan fingerprint density at radius 2 is 1.67 bits per heavy atom. The summed E-state index contributed by atoms with van der Waals surface area (Å²) in [5.41, 5.74) is 1.49. The van der Waals surface area contributed by atoms with Gasteiger partial charge in [0.1, 0.15) is 18.3 Å². The van der Waals surface area contributed by atoms with Crippen molar-refractivity contribution in [1.29, 1.82) is 0 Å². The first-order valence-electron chi connectivity index (χ1n) is 22.4. The summed E-state index contributed by atoms with van der Waals surface area (Å²) >= 11 is 0. The molecule has 1 unspecified atom stereocenters. The lowest BCUT2D eigenvalue weighted by Gasteiger charge is -2.50. The molecule has 358 valence electrons. The van der Waals surface area contributed by atoms with Gasteiger partial charge in [-0.25, -0.2) is 4.79 Å². The predicted octanol–water partition coefficient (Wildman–Crippen LogP) is 5.37. The third-order valence-corrected chi connectivity index (χ3v) is 12.9. The van der Waals surface area contributed by atoms with Crippen molar-refractivity contribution in [1.82, 2.24) is 0 Å². The predicted molar refractivity (Wildman–Crippen MR) is 234 cm³/mol. The number of carbonyl (C=O) groups is 3. The molecule has 0 bridgehead atoms. The van der Waals surface area contributed by atoms with Gasteiger partial charge in [0.05, 0.1) is 43.7 Å². The number of aliphatic hydroxyl groups excluding tert-OH is 4. The normalized spacial score (nSPS) is 41.1. The van der Waals surface area contributed by atoms with Crippen molar-refractivity contribution in [3.8, 4) is 0 Å². The van der Waals surface area contributed by atoms with Crippen molar-refractivity contribution in [2.45, 2.75) is 182 Å². The van der Waals surface area contributed by atoms with Gasteiger partial charge in [-0.15, -0.1) is 0 Å². The Bertz CT molecular complexity index is 1670. The van der Waals surface area contributed by atoms with E-state index in [0.29, 0.717) is 18.4 Å². The molecule has 5 N–H and O–H groups in total. The smallest absolute Gasteiger partial charge is 0.373 e. The van der Waals surface area contributed by atoms with E-state index in [1.165, 1.54) is 33.1 Å². The molecule has 15 heteroatoms. The van der Waals surface area contributed by atoms with Crippen molar-refractivity contribution in [2.75, 3.05) is 7.11 Å². The molecule has 0 spiro atoms. The van der Waals surface area contributed by atoms with E-state index in [4.69, 9.17) is 33.2 Å². The van der Waals surface area contributed by atoms with Crippen LogP contribution >= 0.6 is 0 Å². The molecule has 2 fully saturated rings. The third-order valence-electron chi connectivity index (χ3n) is 12.9. The van der Waals surface area contributed by atoms with Crippen LogP contribution in [0.2, 0.25) is 0 Å². The molecule has 0 saturated carbocycles. The maximum Gasteiger partial charge on any atom is 0.373 e. The van der Waals surface area contributed by atoms with E-state index in [1.54, 1.807) is 65.0 Å². The van der Waals surface area contributed by atoms with Crippen LogP contribution in [0.3, 0.4) is 0 Å². The molecule has 3 aliphatic heterocycles. The average molecular weight is 893 g/mol. The molecule has 0 amide bonds. The van der Waals surface area contributed by atoms with Crippen LogP contribution in [-0.2, 0) is 47.5 Å². The monoisotopic (exact) mass is 893 g/mol. The van der Waals surface area contributed by atoms with E-state index in [-0.39, 0.29) is 30.4 Å². The maximum atomic E-state index is 13.8. The van der Waals surface area contributed by atoms with Crippen molar-refractivity contribution < 1.29 is 73.1 Å². The van der Waals surface area contributed by atoms with E-state index < -0.39 is 115 Å². The number of carbonyl (C=O) groups excluding carboxylic acids is 3. The number of rotatable bonds is 11. The van der Waals surface area contributed by atoms with Crippen LogP contribution < -0.4 is 0 Å². The van der Waals surface area contributed by atoms with Crippen LogP contribution in [0.4, 0.5) is 0 Å². The molecule has 63 heavy (non-hydrogen) atoms. The highest BCUT2D eigenvalue weighted by atomic mass is 16.7.